The summed E-state index contributed by atoms with van der Waals surface area (Å²) < 4.78 is 27.1. The van der Waals surface area contributed by atoms with Gasteiger partial charge in [-0.25, -0.2) is 13.1 Å². The summed E-state index contributed by atoms with van der Waals surface area (Å²) in [6.07, 6.45) is 3.19. The Morgan fingerprint density at radius 1 is 1.20 bits per heavy atom. The Bertz CT molecular complexity index is 723. The predicted molar refractivity (Wildman–Crippen MR) is 76.9 cm³/mol. The zero-order valence-electron chi connectivity index (χ0n) is 11.0. The molecule has 0 saturated heterocycles. The van der Waals surface area contributed by atoms with Gasteiger partial charge in [0.25, 0.3) is 0 Å². The number of hydrogen-bond acceptors (Lipinski definition) is 3. The standard InChI is InChI=1S/C14H16N2O3S/c1-2-12(11-6-4-3-5-7-11)16-20(18,19)14-10-15-9-8-13(14)17/h3-10,12,16H,2H2,1H3,(H,15,17). The van der Waals surface area contributed by atoms with Crippen LogP contribution in [0, 0.1) is 0 Å². The lowest BCUT2D eigenvalue weighted by molar-refractivity contribution is 0.549. The third-order valence-electron chi connectivity index (χ3n) is 2.99. The SMILES string of the molecule is CCC(NS(=O)(=O)c1c[nH]ccc1=O)c1ccccc1. The van der Waals surface area contributed by atoms with E-state index in [4.69, 9.17) is 0 Å². The topological polar surface area (TPSA) is 79.0 Å². The number of nitrogens with one attached hydrogen (secondary N) is 2. The van der Waals surface area contributed by atoms with Crippen LogP contribution in [0.1, 0.15) is 24.9 Å². The zero-order chi connectivity index (χ0) is 14.6. The van der Waals surface area contributed by atoms with Gasteiger partial charge in [0.15, 0.2) is 0 Å². The lowest BCUT2D eigenvalue weighted by atomic mass is 10.1. The molecule has 106 valence electrons. The van der Waals surface area contributed by atoms with Crippen LogP contribution in [-0.2, 0) is 10.0 Å². The maximum absolute atomic E-state index is 12.3. The second-order valence-corrected chi connectivity index (χ2v) is 6.05. The molecule has 1 unspecified atom stereocenters. The van der Waals surface area contributed by atoms with Crippen LogP contribution in [0.15, 0.2) is 58.5 Å². The first-order chi connectivity index (χ1) is 9.54. The molecule has 0 aliphatic carbocycles. The van der Waals surface area contributed by atoms with Gasteiger partial charge in [-0.05, 0) is 12.0 Å². The molecule has 1 atom stereocenters. The van der Waals surface area contributed by atoms with E-state index >= 15 is 0 Å². The molecule has 0 radical (unpaired) electrons. The van der Waals surface area contributed by atoms with Gasteiger partial charge >= 0.3 is 0 Å². The van der Waals surface area contributed by atoms with Crippen LogP contribution in [0.5, 0.6) is 0 Å². The fourth-order valence-electron chi connectivity index (χ4n) is 1.93. The monoisotopic (exact) mass is 292 g/mol. The highest BCUT2D eigenvalue weighted by Crippen LogP contribution is 2.18. The molecule has 0 aliphatic heterocycles. The van der Waals surface area contributed by atoms with Gasteiger partial charge < -0.3 is 4.98 Å². The van der Waals surface area contributed by atoms with Crippen LogP contribution < -0.4 is 10.2 Å². The molecule has 0 saturated carbocycles. The molecule has 0 bridgehead atoms. The molecular weight excluding hydrogens is 276 g/mol. The Balaban J connectivity index is 2.32. The normalized spacial score (nSPS) is 13.1. The maximum Gasteiger partial charge on any atom is 0.246 e. The van der Waals surface area contributed by atoms with E-state index < -0.39 is 15.5 Å². The summed E-state index contributed by atoms with van der Waals surface area (Å²) in [6.45, 7) is 1.88. The van der Waals surface area contributed by atoms with Gasteiger partial charge in [-0.1, -0.05) is 37.3 Å². The van der Waals surface area contributed by atoms with Crippen molar-refractivity contribution in [2.24, 2.45) is 0 Å². The number of aromatic amines is 1. The van der Waals surface area contributed by atoms with Gasteiger partial charge in [0, 0.05) is 24.5 Å². The molecule has 0 aliphatic rings. The lowest BCUT2D eigenvalue weighted by Crippen LogP contribution is -2.31. The van der Waals surface area contributed by atoms with Gasteiger partial charge in [-0.2, -0.15) is 0 Å². The molecule has 2 rings (SSSR count). The van der Waals surface area contributed by atoms with Crippen LogP contribution in [0.4, 0.5) is 0 Å². The van der Waals surface area contributed by atoms with Gasteiger partial charge in [-0.15, -0.1) is 0 Å². The molecule has 2 N–H and O–H groups in total. The molecule has 1 heterocycles. The molecule has 0 amide bonds. The van der Waals surface area contributed by atoms with Crippen molar-refractivity contribution in [1.29, 1.82) is 0 Å². The van der Waals surface area contributed by atoms with Gasteiger partial charge in [-0.3, -0.25) is 4.79 Å². The molecule has 5 nitrogen and oxygen atoms in total. The van der Waals surface area contributed by atoms with E-state index in [0.29, 0.717) is 6.42 Å². The third-order valence-corrected chi connectivity index (χ3v) is 4.48. The van der Waals surface area contributed by atoms with Crippen molar-refractivity contribution in [2.45, 2.75) is 24.3 Å². The molecule has 20 heavy (non-hydrogen) atoms. The third kappa shape index (κ3) is 3.15. The Labute approximate surface area is 117 Å². The van der Waals surface area contributed by atoms with Gasteiger partial charge in [0.1, 0.15) is 4.90 Å². The maximum atomic E-state index is 12.3. The Hall–Kier alpha value is -1.92. The van der Waals surface area contributed by atoms with Gasteiger partial charge in [0.05, 0.1) is 0 Å². The summed E-state index contributed by atoms with van der Waals surface area (Å²) in [7, 11) is -3.84. The number of pyridine rings is 1. The predicted octanol–water partition coefficient (Wildman–Crippen LogP) is 1.80. The second-order valence-electron chi connectivity index (χ2n) is 4.37. The zero-order valence-corrected chi connectivity index (χ0v) is 11.9. The first-order valence-electron chi connectivity index (χ1n) is 6.29. The molecule has 1 aromatic carbocycles. The molecule has 0 spiro atoms. The largest absolute Gasteiger partial charge is 0.366 e. The van der Waals surface area contributed by atoms with Crippen molar-refractivity contribution in [2.75, 3.05) is 0 Å². The summed E-state index contributed by atoms with van der Waals surface area (Å²) in [6, 6.07) is 10.1. The fraction of sp³-hybridized carbons (Fsp3) is 0.214. The van der Waals surface area contributed by atoms with E-state index in [2.05, 4.69) is 9.71 Å². The van der Waals surface area contributed by atoms with E-state index in [0.717, 1.165) is 5.56 Å². The highest BCUT2D eigenvalue weighted by atomic mass is 32.2. The van der Waals surface area contributed by atoms with Crippen molar-refractivity contribution in [3.63, 3.8) is 0 Å². The van der Waals surface area contributed by atoms with E-state index in [-0.39, 0.29) is 10.9 Å². The summed E-state index contributed by atoms with van der Waals surface area (Å²) in [5.74, 6) is 0. The molecule has 2 aromatic rings. The van der Waals surface area contributed by atoms with Gasteiger partial charge in [0.2, 0.25) is 15.5 Å². The quantitative estimate of drug-likeness (QED) is 0.882. The van der Waals surface area contributed by atoms with Crippen molar-refractivity contribution in [1.82, 2.24) is 9.71 Å². The highest BCUT2D eigenvalue weighted by Gasteiger charge is 2.22. The summed E-state index contributed by atoms with van der Waals surface area (Å²) in [4.78, 5) is 14.0. The smallest absolute Gasteiger partial charge is 0.246 e. The van der Waals surface area contributed by atoms with Crippen LogP contribution in [-0.4, -0.2) is 13.4 Å². The van der Waals surface area contributed by atoms with Crippen molar-refractivity contribution >= 4 is 10.0 Å². The molecule has 6 heteroatoms. The summed E-state index contributed by atoms with van der Waals surface area (Å²) in [5.41, 5.74) is 0.338. The molecule has 1 aromatic heterocycles. The van der Waals surface area contributed by atoms with Crippen LogP contribution in [0.3, 0.4) is 0 Å². The van der Waals surface area contributed by atoms with E-state index in [1.165, 1.54) is 18.5 Å². The minimum atomic E-state index is -3.84. The summed E-state index contributed by atoms with van der Waals surface area (Å²) >= 11 is 0. The lowest BCUT2D eigenvalue weighted by Gasteiger charge is -2.17. The second kappa shape index (κ2) is 6.02. The molecule has 0 fully saturated rings. The minimum absolute atomic E-state index is 0.269. The summed E-state index contributed by atoms with van der Waals surface area (Å²) in [5, 5.41) is 0. The fourth-order valence-corrected chi connectivity index (χ4v) is 3.29. The first-order valence-corrected chi connectivity index (χ1v) is 7.77. The Kier molecular flexibility index (Phi) is 4.36. The number of H-pyrrole nitrogens is 1. The number of benzene rings is 1. The number of aromatic nitrogens is 1. The van der Waals surface area contributed by atoms with E-state index in [1.807, 2.05) is 37.3 Å². The van der Waals surface area contributed by atoms with Crippen LogP contribution >= 0.6 is 0 Å². The first kappa shape index (κ1) is 14.5. The average molecular weight is 292 g/mol. The van der Waals surface area contributed by atoms with E-state index in [9.17, 15) is 13.2 Å². The number of hydrogen-bond donors (Lipinski definition) is 2. The van der Waals surface area contributed by atoms with Crippen LogP contribution in [0.25, 0.3) is 0 Å². The van der Waals surface area contributed by atoms with Crippen LogP contribution in [0.2, 0.25) is 0 Å². The number of sulfonamides is 1. The Morgan fingerprint density at radius 3 is 2.50 bits per heavy atom. The average Bonchev–Trinajstić information content (AvgIpc) is 2.46. The molecular formula is C14H16N2O3S. The van der Waals surface area contributed by atoms with Crippen molar-refractivity contribution < 1.29 is 8.42 Å². The number of rotatable bonds is 5. The van der Waals surface area contributed by atoms with E-state index in [1.54, 1.807) is 0 Å². The van der Waals surface area contributed by atoms with Crippen molar-refractivity contribution in [3.8, 4) is 0 Å². The Morgan fingerprint density at radius 2 is 1.90 bits per heavy atom. The highest BCUT2D eigenvalue weighted by molar-refractivity contribution is 7.89. The van der Waals surface area contributed by atoms with Crippen molar-refractivity contribution in [3.05, 3.63) is 64.6 Å². The minimum Gasteiger partial charge on any atom is -0.366 e.